The van der Waals surface area contributed by atoms with Gasteiger partial charge in [-0.25, -0.2) is 4.79 Å². The van der Waals surface area contributed by atoms with E-state index < -0.39 is 10.9 Å². The number of benzene rings is 1. The van der Waals surface area contributed by atoms with Gasteiger partial charge in [0.1, 0.15) is 15.5 Å². The van der Waals surface area contributed by atoms with Crippen LogP contribution in [0.4, 0.5) is 9.80 Å². The number of thiophene rings is 1. The van der Waals surface area contributed by atoms with Gasteiger partial charge in [0.2, 0.25) is 0 Å². The minimum atomic E-state index is -1.08. The summed E-state index contributed by atoms with van der Waals surface area (Å²) >= 11 is 8.43. The van der Waals surface area contributed by atoms with E-state index in [1.54, 1.807) is 35.9 Å². The first-order chi connectivity index (χ1) is 16.5. The van der Waals surface area contributed by atoms with E-state index in [1.165, 1.54) is 23.2 Å². The standard InChI is InChI=1S/C26H30ClN5O2S/c1-8-19-10-9-15(2)13-20(19)21(27)14-30-24-22(16(3)23(35-24)32-28-11-12-29-32)17(4)31(25(30)34)26(6,7)18(5)33/h9-13,21H,4,8,14H2,1-3,5-7H3/t21-/m0/s1. The molecule has 0 saturated heterocycles. The Morgan fingerprint density at radius 1 is 1.20 bits per heavy atom. The fourth-order valence-corrected chi connectivity index (χ4v) is 6.04. The van der Waals surface area contributed by atoms with E-state index in [4.69, 9.17) is 11.6 Å². The maximum absolute atomic E-state index is 14.0. The van der Waals surface area contributed by atoms with Crippen LogP contribution in [0, 0.1) is 13.8 Å². The maximum atomic E-state index is 14.0. The quantitative estimate of drug-likeness (QED) is 0.361. The molecule has 7 nitrogen and oxygen atoms in total. The van der Waals surface area contributed by atoms with Gasteiger partial charge in [-0.2, -0.15) is 10.2 Å². The molecule has 35 heavy (non-hydrogen) atoms. The second kappa shape index (κ2) is 9.24. The number of alkyl halides is 1. The van der Waals surface area contributed by atoms with Gasteiger partial charge in [-0.3, -0.25) is 14.6 Å². The number of urea groups is 1. The van der Waals surface area contributed by atoms with Crippen molar-refractivity contribution in [2.45, 2.75) is 58.9 Å². The summed E-state index contributed by atoms with van der Waals surface area (Å²) in [4.78, 5) is 31.3. The van der Waals surface area contributed by atoms with E-state index in [1.807, 2.05) is 13.8 Å². The van der Waals surface area contributed by atoms with Crippen molar-refractivity contribution in [2.75, 3.05) is 11.4 Å². The van der Waals surface area contributed by atoms with Gasteiger partial charge in [-0.1, -0.05) is 48.6 Å². The molecule has 0 radical (unpaired) electrons. The molecule has 9 heteroatoms. The summed E-state index contributed by atoms with van der Waals surface area (Å²) in [5.74, 6) is -0.133. The van der Waals surface area contributed by atoms with Crippen LogP contribution in [0.2, 0.25) is 0 Å². The summed E-state index contributed by atoms with van der Waals surface area (Å²) in [5, 5.41) is 9.65. The summed E-state index contributed by atoms with van der Waals surface area (Å²) in [6.07, 6.45) is 4.06. The van der Waals surface area contributed by atoms with Crippen molar-refractivity contribution in [3.63, 3.8) is 0 Å². The third-order valence-corrected chi connectivity index (χ3v) is 8.37. The van der Waals surface area contributed by atoms with Gasteiger partial charge in [-0.15, -0.1) is 16.4 Å². The summed E-state index contributed by atoms with van der Waals surface area (Å²) < 4.78 is 0. The molecule has 0 fully saturated rings. The largest absolute Gasteiger partial charge is 0.330 e. The molecule has 1 aliphatic heterocycles. The van der Waals surface area contributed by atoms with Gasteiger partial charge < -0.3 is 0 Å². The molecule has 2 aromatic heterocycles. The highest BCUT2D eigenvalue weighted by Crippen LogP contribution is 2.48. The Balaban J connectivity index is 1.86. The number of carbonyl (C=O) groups excluding carboxylic acids is 2. The molecule has 0 unspecified atom stereocenters. The smallest absolute Gasteiger partial charge is 0.297 e. The van der Waals surface area contributed by atoms with Gasteiger partial charge in [0.15, 0.2) is 5.78 Å². The lowest BCUT2D eigenvalue weighted by molar-refractivity contribution is -0.124. The molecular weight excluding hydrogens is 482 g/mol. The van der Waals surface area contributed by atoms with Crippen molar-refractivity contribution in [1.82, 2.24) is 19.9 Å². The number of halogens is 1. The second-order valence-electron chi connectivity index (χ2n) is 9.34. The van der Waals surface area contributed by atoms with Crippen molar-refractivity contribution < 1.29 is 9.59 Å². The molecule has 0 spiro atoms. The number of amides is 2. The zero-order valence-corrected chi connectivity index (χ0v) is 22.5. The molecule has 0 bridgehead atoms. The monoisotopic (exact) mass is 511 g/mol. The average molecular weight is 512 g/mol. The highest BCUT2D eigenvalue weighted by atomic mass is 35.5. The SMILES string of the molecule is C=C1c2c(sc(-n3nccn3)c2C)N(C[C@H](Cl)c2cc(C)ccc2CC)C(=O)N1C(C)(C)C(C)=O. The summed E-state index contributed by atoms with van der Waals surface area (Å²) in [7, 11) is 0. The Morgan fingerprint density at radius 2 is 1.86 bits per heavy atom. The van der Waals surface area contributed by atoms with E-state index >= 15 is 0 Å². The maximum Gasteiger partial charge on any atom is 0.330 e. The number of aromatic nitrogens is 3. The van der Waals surface area contributed by atoms with Crippen molar-refractivity contribution in [1.29, 1.82) is 0 Å². The van der Waals surface area contributed by atoms with Crippen LogP contribution in [0.15, 0.2) is 37.2 Å². The zero-order valence-electron chi connectivity index (χ0n) is 20.9. The van der Waals surface area contributed by atoms with Gasteiger partial charge >= 0.3 is 6.03 Å². The van der Waals surface area contributed by atoms with Crippen LogP contribution < -0.4 is 4.90 Å². The van der Waals surface area contributed by atoms with Crippen molar-refractivity contribution >= 4 is 45.5 Å². The lowest BCUT2D eigenvalue weighted by atomic mass is 9.94. The molecular formula is C26H30ClN5O2S. The summed E-state index contributed by atoms with van der Waals surface area (Å²) in [5.41, 5.74) is 4.37. The molecule has 1 aromatic carbocycles. The molecule has 1 aliphatic rings. The molecule has 184 valence electrons. The number of carbonyl (C=O) groups is 2. The van der Waals surface area contributed by atoms with Crippen LogP contribution >= 0.6 is 22.9 Å². The number of hydrogen-bond acceptors (Lipinski definition) is 5. The lowest BCUT2D eigenvalue weighted by Gasteiger charge is -2.44. The Labute approximate surface area is 215 Å². The molecule has 0 saturated carbocycles. The highest BCUT2D eigenvalue weighted by Gasteiger charge is 2.46. The normalized spacial score (nSPS) is 14.9. The number of ketones is 1. The topological polar surface area (TPSA) is 71.3 Å². The van der Waals surface area contributed by atoms with Crippen LogP contribution in [-0.2, 0) is 11.2 Å². The zero-order chi connectivity index (χ0) is 25.7. The number of hydrogen-bond donors (Lipinski definition) is 0. The van der Waals surface area contributed by atoms with Crippen LogP contribution in [0.25, 0.3) is 10.7 Å². The first-order valence-corrected chi connectivity index (χ1v) is 12.8. The van der Waals surface area contributed by atoms with E-state index in [-0.39, 0.29) is 18.4 Å². The average Bonchev–Trinajstić information content (AvgIpc) is 3.44. The number of aryl methyl sites for hydroxylation is 2. The molecule has 4 rings (SSSR count). The first kappa shape index (κ1) is 25.1. The lowest BCUT2D eigenvalue weighted by Crippen LogP contribution is -2.57. The van der Waals surface area contributed by atoms with Crippen LogP contribution in [0.3, 0.4) is 0 Å². The number of nitrogens with zero attached hydrogens (tertiary/aromatic N) is 5. The van der Waals surface area contributed by atoms with E-state index in [0.717, 1.165) is 44.2 Å². The molecule has 2 amide bonds. The molecule has 3 aromatic rings. The number of rotatable bonds is 7. The molecule has 1 atom stereocenters. The predicted octanol–water partition coefficient (Wildman–Crippen LogP) is 6.07. The number of Topliss-reactive ketones (excluding diaryl/α,β-unsaturated/α-hetero) is 1. The number of fused-ring (bicyclic) bond motifs is 1. The van der Waals surface area contributed by atoms with Gasteiger partial charge in [0, 0.05) is 17.8 Å². The first-order valence-electron chi connectivity index (χ1n) is 11.5. The minimum absolute atomic E-state index is 0.133. The third-order valence-electron chi connectivity index (χ3n) is 6.71. The van der Waals surface area contributed by atoms with Crippen molar-refractivity contribution in [2.24, 2.45) is 0 Å². The third kappa shape index (κ3) is 4.19. The van der Waals surface area contributed by atoms with Crippen molar-refractivity contribution in [3.8, 4) is 5.00 Å². The van der Waals surface area contributed by atoms with E-state index in [2.05, 4.69) is 41.9 Å². The summed E-state index contributed by atoms with van der Waals surface area (Å²) in [6.45, 7) is 15.6. The van der Waals surface area contributed by atoms with Gasteiger partial charge in [0.25, 0.3) is 0 Å². The fourth-order valence-electron chi connectivity index (χ4n) is 4.44. The van der Waals surface area contributed by atoms with E-state index in [0.29, 0.717) is 5.70 Å². The van der Waals surface area contributed by atoms with Crippen LogP contribution in [0.5, 0.6) is 0 Å². The van der Waals surface area contributed by atoms with Gasteiger partial charge in [0.05, 0.1) is 17.8 Å². The van der Waals surface area contributed by atoms with Crippen LogP contribution in [-0.4, -0.2) is 43.8 Å². The molecule has 3 heterocycles. The predicted molar refractivity (Wildman–Crippen MR) is 141 cm³/mol. The van der Waals surface area contributed by atoms with Gasteiger partial charge in [-0.05, 0) is 57.7 Å². The van der Waals surface area contributed by atoms with Crippen LogP contribution in [0.1, 0.15) is 60.9 Å². The second-order valence-corrected chi connectivity index (χ2v) is 10.8. The minimum Gasteiger partial charge on any atom is -0.297 e. The van der Waals surface area contributed by atoms with E-state index in [9.17, 15) is 9.59 Å². The molecule has 0 N–H and O–H groups in total. The molecule has 0 aliphatic carbocycles. The summed E-state index contributed by atoms with van der Waals surface area (Å²) in [6, 6.07) is 5.93. The Hall–Kier alpha value is -2.97. The highest BCUT2D eigenvalue weighted by molar-refractivity contribution is 7.19. The van der Waals surface area contributed by atoms with Crippen molar-refractivity contribution in [3.05, 3.63) is 65.0 Å². The Kier molecular flexibility index (Phi) is 6.64. The Bertz CT molecular complexity index is 1310. The fraction of sp³-hybridized carbons (Fsp3) is 0.385. The Morgan fingerprint density at radius 3 is 2.46 bits per heavy atom. The number of anilines is 1.